The van der Waals surface area contributed by atoms with Crippen LogP contribution in [0.3, 0.4) is 0 Å². The van der Waals surface area contributed by atoms with Crippen molar-refractivity contribution >= 4 is 34.9 Å². The molecule has 4 rings (SSSR count). The first-order valence-corrected chi connectivity index (χ1v) is 12.2. The monoisotopic (exact) mass is 456 g/mol. The summed E-state index contributed by atoms with van der Waals surface area (Å²) in [7, 11) is 0. The molecule has 0 radical (unpaired) electrons. The zero-order chi connectivity index (χ0) is 22.3. The Kier molecular flexibility index (Phi) is 7.73. The summed E-state index contributed by atoms with van der Waals surface area (Å²) < 4.78 is 13.1. The largest absolute Gasteiger partial charge is 0.358 e. The van der Waals surface area contributed by atoms with Crippen LogP contribution in [0.15, 0.2) is 30.3 Å². The van der Waals surface area contributed by atoms with Gasteiger partial charge in [0.05, 0.1) is 0 Å². The van der Waals surface area contributed by atoms with Gasteiger partial charge in [-0.25, -0.2) is 4.39 Å². The number of rotatable bonds is 5. The molecule has 32 heavy (non-hydrogen) atoms. The standard InChI is InChI=1S/C24H33FN6S/c1-18-10-14-31(15-11-18)22-16-21(30-12-4-2-3-5-13-30)27-23(28-22)29-24(32)26-17-19-6-8-20(25)9-7-19/h6-9,16,18H,2-5,10-15,17H2,1H3,(H2,26,27,28,29,32). The number of thiocarbonyl (C=S) groups is 1. The minimum Gasteiger partial charge on any atom is -0.358 e. The highest BCUT2D eigenvalue weighted by molar-refractivity contribution is 7.80. The molecule has 2 aliphatic rings. The van der Waals surface area contributed by atoms with Gasteiger partial charge in [0.1, 0.15) is 17.5 Å². The molecule has 8 heteroatoms. The lowest BCUT2D eigenvalue weighted by Crippen LogP contribution is -2.35. The number of hydrogen-bond donors (Lipinski definition) is 2. The molecular formula is C24H33FN6S. The summed E-state index contributed by atoms with van der Waals surface area (Å²) in [5.41, 5.74) is 0.956. The second-order valence-corrected chi connectivity index (χ2v) is 9.32. The third kappa shape index (κ3) is 6.28. The number of hydrogen-bond acceptors (Lipinski definition) is 5. The molecule has 0 aliphatic carbocycles. The van der Waals surface area contributed by atoms with E-state index in [1.807, 2.05) is 0 Å². The van der Waals surface area contributed by atoms with Gasteiger partial charge in [-0.2, -0.15) is 9.97 Å². The minimum absolute atomic E-state index is 0.243. The fourth-order valence-corrected chi connectivity index (χ4v) is 4.43. The van der Waals surface area contributed by atoms with Crippen LogP contribution in [0.2, 0.25) is 0 Å². The van der Waals surface area contributed by atoms with Crippen LogP contribution in [-0.2, 0) is 6.54 Å². The van der Waals surface area contributed by atoms with E-state index in [0.717, 1.165) is 49.3 Å². The van der Waals surface area contributed by atoms with Crippen LogP contribution in [0, 0.1) is 11.7 Å². The van der Waals surface area contributed by atoms with Crippen molar-refractivity contribution in [2.75, 3.05) is 41.3 Å². The van der Waals surface area contributed by atoms with Crippen LogP contribution < -0.4 is 20.4 Å². The van der Waals surface area contributed by atoms with Crippen LogP contribution >= 0.6 is 12.2 Å². The van der Waals surface area contributed by atoms with Gasteiger partial charge in [0.25, 0.3) is 0 Å². The third-order valence-corrected chi connectivity index (χ3v) is 6.57. The summed E-state index contributed by atoms with van der Waals surface area (Å²) in [4.78, 5) is 14.4. The van der Waals surface area contributed by atoms with E-state index in [2.05, 4.69) is 33.4 Å². The molecule has 2 saturated heterocycles. The molecule has 6 nitrogen and oxygen atoms in total. The van der Waals surface area contributed by atoms with Crippen molar-refractivity contribution in [3.63, 3.8) is 0 Å². The average Bonchev–Trinajstić information content (AvgIpc) is 3.09. The Morgan fingerprint density at radius 1 is 0.969 bits per heavy atom. The Balaban J connectivity index is 1.48. The van der Waals surface area contributed by atoms with Crippen molar-refractivity contribution < 1.29 is 4.39 Å². The lowest BCUT2D eigenvalue weighted by molar-refractivity contribution is 0.436. The summed E-state index contributed by atoms with van der Waals surface area (Å²) in [5, 5.41) is 6.81. The van der Waals surface area contributed by atoms with Crippen LogP contribution in [-0.4, -0.2) is 41.3 Å². The highest BCUT2D eigenvalue weighted by atomic mass is 32.1. The second-order valence-electron chi connectivity index (χ2n) is 8.91. The Morgan fingerprint density at radius 2 is 1.56 bits per heavy atom. The lowest BCUT2D eigenvalue weighted by atomic mass is 9.99. The molecule has 0 saturated carbocycles. The predicted octanol–water partition coefficient (Wildman–Crippen LogP) is 4.72. The molecule has 2 aliphatic heterocycles. The quantitative estimate of drug-likeness (QED) is 0.632. The fraction of sp³-hybridized carbons (Fsp3) is 0.542. The summed E-state index contributed by atoms with van der Waals surface area (Å²) in [5.74, 6) is 2.98. The summed E-state index contributed by atoms with van der Waals surface area (Å²) in [6.07, 6.45) is 7.32. The van der Waals surface area contributed by atoms with E-state index in [4.69, 9.17) is 22.2 Å². The van der Waals surface area contributed by atoms with Gasteiger partial charge in [-0.3, -0.25) is 0 Å². The summed E-state index contributed by atoms with van der Waals surface area (Å²) in [6.45, 7) is 6.92. The van der Waals surface area contributed by atoms with Crippen molar-refractivity contribution in [1.29, 1.82) is 0 Å². The average molecular weight is 457 g/mol. The van der Waals surface area contributed by atoms with Crippen molar-refractivity contribution in [2.45, 2.75) is 52.0 Å². The molecule has 0 unspecified atom stereocenters. The van der Waals surface area contributed by atoms with E-state index in [1.54, 1.807) is 12.1 Å². The maximum atomic E-state index is 13.1. The van der Waals surface area contributed by atoms with Gasteiger partial charge in [-0.15, -0.1) is 0 Å². The molecule has 1 aromatic carbocycles. The molecule has 2 fully saturated rings. The molecule has 0 amide bonds. The van der Waals surface area contributed by atoms with E-state index in [1.165, 1.54) is 50.7 Å². The molecule has 2 aromatic rings. The highest BCUT2D eigenvalue weighted by Gasteiger charge is 2.21. The van der Waals surface area contributed by atoms with Gasteiger partial charge >= 0.3 is 0 Å². The van der Waals surface area contributed by atoms with Gasteiger partial charge in [-0.05, 0) is 61.5 Å². The van der Waals surface area contributed by atoms with Gasteiger partial charge < -0.3 is 20.4 Å². The molecule has 0 atom stereocenters. The maximum Gasteiger partial charge on any atom is 0.232 e. The Labute approximate surface area is 195 Å². The predicted molar refractivity (Wildman–Crippen MR) is 133 cm³/mol. The zero-order valence-electron chi connectivity index (χ0n) is 18.8. The normalized spacial score (nSPS) is 17.7. The first-order chi connectivity index (χ1) is 15.6. The van der Waals surface area contributed by atoms with Crippen LogP contribution in [0.25, 0.3) is 0 Å². The van der Waals surface area contributed by atoms with Crippen LogP contribution in [0.5, 0.6) is 0 Å². The lowest BCUT2D eigenvalue weighted by Gasteiger charge is -2.32. The van der Waals surface area contributed by atoms with E-state index >= 15 is 0 Å². The fourth-order valence-electron chi connectivity index (χ4n) is 4.27. The Bertz CT molecular complexity index is 890. The molecule has 172 valence electrons. The molecule has 2 N–H and O–H groups in total. The minimum atomic E-state index is -0.243. The first kappa shape index (κ1) is 22.7. The maximum absolute atomic E-state index is 13.1. The number of nitrogens with one attached hydrogen (secondary N) is 2. The molecular weight excluding hydrogens is 423 g/mol. The molecule has 0 bridgehead atoms. The number of aromatic nitrogens is 2. The van der Waals surface area contributed by atoms with Gasteiger partial charge in [0.2, 0.25) is 5.95 Å². The van der Waals surface area contributed by atoms with E-state index < -0.39 is 0 Å². The SMILES string of the molecule is CC1CCN(c2cc(N3CCCCCC3)nc(NC(=S)NCc3ccc(F)cc3)n2)CC1. The number of benzene rings is 1. The Hall–Kier alpha value is -2.48. The zero-order valence-corrected chi connectivity index (χ0v) is 19.6. The van der Waals surface area contributed by atoms with Crippen molar-refractivity contribution in [1.82, 2.24) is 15.3 Å². The number of anilines is 3. The number of nitrogens with zero attached hydrogens (tertiary/aromatic N) is 4. The summed E-state index contributed by atoms with van der Waals surface area (Å²) >= 11 is 5.49. The summed E-state index contributed by atoms with van der Waals surface area (Å²) in [6, 6.07) is 8.54. The highest BCUT2D eigenvalue weighted by Crippen LogP contribution is 2.27. The van der Waals surface area contributed by atoms with E-state index in [-0.39, 0.29) is 5.82 Å². The van der Waals surface area contributed by atoms with Crippen LogP contribution in [0.1, 0.15) is 51.0 Å². The van der Waals surface area contributed by atoms with Crippen LogP contribution in [0.4, 0.5) is 22.0 Å². The number of piperidine rings is 1. The van der Waals surface area contributed by atoms with Gasteiger partial charge in [-0.1, -0.05) is 31.9 Å². The molecule has 1 aromatic heterocycles. The third-order valence-electron chi connectivity index (χ3n) is 6.33. The van der Waals surface area contributed by atoms with E-state index in [0.29, 0.717) is 17.6 Å². The molecule has 3 heterocycles. The second kappa shape index (κ2) is 10.9. The van der Waals surface area contributed by atoms with Crippen molar-refractivity contribution in [3.8, 4) is 0 Å². The van der Waals surface area contributed by atoms with Crippen molar-refractivity contribution in [2.24, 2.45) is 5.92 Å². The van der Waals surface area contributed by atoms with Gasteiger partial charge in [0.15, 0.2) is 5.11 Å². The number of halogens is 1. The van der Waals surface area contributed by atoms with E-state index in [9.17, 15) is 4.39 Å². The topological polar surface area (TPSA) is 56.3 Å². The van der Waals surface area contributed by atoms with Gasteiger partial charge in [0, 0.05) is 38.8 Å². The Morgan fingerprint density at radius 3 is 2.19 bits per heavy atom. The first-order valence-electron chi connectivity index (χ1n) is 11.7. The smallest absolute Gasteiger partial charge is 0.232 e. The molecule has 0 spiro atoms. The van der Waals surface area contributed by atoms with Crippen molar-refractivity contribution in [3.05, 3.63) is 41.7 Å².